The fourth-order valence-electron chi connectivity index (χ4n) is 1.89. The summed E-state index contributed by atoms with van der Waals surface area (Å²) in [7, 11) is 0. The lowest BCUT2D eigenvalue weighted by Gasteiger charge is -2.15. The van der Waals surface area contributed by atoms with E-state index in [1.165, 1.54) is 10.4 Å². The Morgan fingerprint density at radius 1 is 1.35 bits per heavy atom. The second-order valence-corrected chi connectivity index (χ2v) is 5.35. The molecular weight excluding hydrogens is 250 g/mol. The van der Waals surface area contributed by atoms with E-state index in [2.05, 4.69) is 54.9 Å². The van der Waals surface area contributed by atoms with Crippen molar-refractivity contribution in [3.8, 4) is 10.4 Å². The van der Waals surface area contributed by atoms with Crippen molar-refractivity contribution in [2.24, 2.45) is 0 Å². The maximum atomic E-state index is 6.34. The van der Waals surface area contributed by atoms with E-state index in [1.807, 2.05) is 0 Å². The molecule has 1 unspecified atom stereocenters. The van der Waals surface area contributed by atoms with Crippen molar-refractivity contribution >= 4 is 22.9 Å². The van der Waals surface area contributed by atoms with Crippen molar-refractivity contribution in [1.82, 2.24) is 5.32 Å². The normalized spacial score (nSPS) is 12.6. The van der Waals surface area contributed by atoms with Crippen molar-refractivity contribution < 1.29 is 0 Å². The molecule has 2 rings (SSSR count). The second-order valence-electron chi connectivity index (χ2n) is 3.99. The molecule has 1 heterocycles. The molecule has 3 heteroatoms. The van der Waals surface area contributed by atoms with Gasteiger partial charge in [-0.2, -0.15) is 0 Å². The molecule has 2 aromatic rings. The number of benzene rings is 1. The minimum Gasteiger partial charge on any atom is -0.310 e. The zero-order chi connectivity index (χ0) is 12.3. The summed E-state index contributed by atoms with van der Waals surface area (Å²) in [6, 6.07) is 10.8. The molecule has 0 bridgehead atoms. The van der Waals surface area contributed by atoms with Crippen LogP contribution in [0.3, 0.4) is 0 Å². The molecule has 1 atom stereocenters. The number of rotatable bonds is 4. The molecule has 0 spiro atoms. The highest BCUT2D eigenvalue weighted by atomic mass is 35.5. The highest BCUT2D eigenvalue weighted by Gasteiger charge is 2.09. The molecule has 1 aromatic heterocycles. The monoisotopic (exact) mass is 265 g/mol. The van der Waals surface area contributed by atoms with Gasteiger partial charge >= 0.3 is 0 Å². The van der Waals surface area contributed by atoms with Gasteiger partial charge in [0, 0.05) is 15.9 Å². The van der Waals surface area contributed by atoms with Crippen LogP contribution in [0.4, 0.5) is 0 Å². The molecule has 0 saturated carbocycles. The summed E-state index contributed by atoms with van der Waals surface area (Å²) >= 11 is 8.08. The maximum absolute atomic E-state index is 6.34. The Morgan fingerprint density at radius 3 is 2.76 bits per heavy atom. The van der Waals surface area contributed by atoms with Gasteiger partial charge in [0.1, 0.15) is 0 Å². The predicted molar refractivity (Wildman–Crippen MR) is 76.9 cm³/mol. The molecule has 0 radical (unpaired) electrons. The van der Waals surface area contributed by atoms with Crippen molar-refractivity contribution in [2.45, 2.75) is 19.9 Å². The Balaban J connectivity index is 2.29. The van der Waals surface area contributed by atoms with Gasteiger partial charge in [-0.1, -0.05) is 36.7 Å². The fourth-order valence-corrected chi connectivity index (χ4v) is 2.96. The van der Waals surface area contributed by atoms with Crippen molar-refractivity contribution in [3.05, 3.63) is 46.3 Å². The highest BCUT2D eigenvalue weighted by molar-refractivity contribution is 7.13. The molecule has 0 aliphatic heterocycles. The van der Waals surface area contributed by atoms with Crippen LogP contribution in [-0.4, -0.2) is 6.54 Å². The molecule has 17 heavy (non-hydrogen) atoms. The number of thiophene rings is 1. The number of nitrogens with one attached hydrogen (secondary N) is 1. The van der Waals surface area contributed by atoms with Gasteiger partial charge in [0.05, 0.1) is 0 Å². The zero-order valence-corrected chi connectivity index (χ0v) is 11.6. The molecule has 1 N–H and O–H groups in total. The van der Waals surface area contributed by atoms with Crippen LogP contribution in [0.1, 0.15) is 25.5 Å². The summed E-state index contributed by atoms with van der Waals surface area (Å²) in [5, 5.41) is 6.29. The number of hydrogen-bond donors (Lipinski definition) is 1. The molecule has 0 saturated heterocycles. The van der Waals surface area contributed by atoms with Crippen LogP contribution >= 0.6 is 22.9 Å². The second kappa shape index (κ2) is 5.67. The minimum atomic E-state index is 0.296. The third-order valence-corrected chi connectivity index (χ3v) is 4.03. The van der Waals surface area contributed by atoms with Gasteiger partial charge in [0.2, 0.25) is 0 Å². The van der Waals surface area contributed by atoms with Crippen LogP contribution in [-0.2, 0) is 0 Å². The smallest absolute Gasteiger partial charge is 0.0460 e. The van der Waals surface area contributed by atoms with Gasteiger partial charge in [0.25, 0.3) is 0 Å². The first kappa shape index (κ1) is 12.6. The number of hydrogen-bond acceptors (Lipinski definition) is 2. The van der Waals surface area contributed by atoms with Crippen LogP contribution in [0.15, 0.2) is 35.7 Å². The van der Waals surface area contributed by atoms with E-state index in [9.17, 15) is 0 Å². The lowest BCUT2D eigenvalue weighted by atomic mass is 10.1. The summed E-state index contributed by atoms with van der Waals surface area (Å²) in [6.45, 7) is 5.18. The van der Waals surface area contributed by atoms with Crippen molar-refractivity contribution in [3.63, 3.8) is 0 Å². The van der Waals surface area contributed by atoms with Crippen LogP contribution in [0.5, 0.6) is 0 Å². The fraction of sp³-hybridized carbons (Fsp3) is 0.286. The van der Waals surface area contributed by atoms with Gasteiger partial charge < -0.3 is 5.32 Å². The van der Waals surface area contributed by atoms with Crippen LogP contribution in [0.2, 0.25) is 5.02 Å². The Labute approximate surface area is 111 Å². The molecule has 1 nitrogen and oxygen atoms in total. The lowest BCUT2D eigenvalue weighted by molar-refractivity contribution is 0.598. The van der Waals surface area contributed by atoms with E-state index >= 15 is 0 Å². The average molecular weight is 266 g/mol. The highest BCUT2D eigenvalue weighted by Crippen LogP contribution is 2.31. The molecule has 0 aliphatic carbocycles. The Morgan fingerprint density at radius 2 is 2.18 bits per heavy atom. The molecule has 1 aromatic carbocycles. The van der Waals surface area contributed by atoms with Crippen molar-refractivity contribution in [1.29, 1.82) is 0 Å². The SMILES string of the molecule is CCNC(C)c1ccc(-c2cccs2)cc1Cl. The Hall–Kier alpha value is -0.830. The van der Waals surface area contributed by atoms with E-state index < -0.39 is 0 Å². The van der Waals surface area contributed by atoms with E-state index in [1.54, 1.807) is 11.3 Å². The predicted octanol–water partition coefficient (Wildman–Crippen LogP) is 4.74. The largest absolute Gasteiger partial charge is 0.310 e. The van der Waals surface area contributed by atoms with Crippen LogP contribution in [0.25, 0.3) is 10.4 Å². The Bertz CT molecular complexity index is 479. The zero-order valence-electron chi connectivity index (χ0n) is 10.0. The summed E-state index contributed by atoms with van der Waals surface area (Å²) < 4.78 is 0. The van der Waals surface area contributed by atoms with Crippen LogP contribution < -0.4 is 5.32 Å². The lowest BCUT2D eigenvalue weighted by Crippen LogP contribution is -2.17. The molecular formula is C14H16ClNS. The summed E-state index contributed by atoms with van der Waals surface area (Å²) in [5.41, 5.74) is 2.35. The summed E-state index contributed by atoms with van der Waals surface area (Å²) in [6.07, 6.45) is 0. The average Bonchev–Trinajstić information content (AvgIpc) is 2.82. The summed E-state index contributed by atoms with van der Waals surface area (Å²) in [5.74, 6) is 0. The topological polar surface area (TPSA) is 12.0 Å². The standard InChI is InChI=1S/C14H16ClNS/c1-3-16-10(2)12-7-6-11(9-13(12)15)14-5-4-8-17-14/h4-10,16H,3H2,1-2H3. The molecule has 0 amide bonds. The van der Waals surface area contributed by atoms with Gasteiger partial charge in [-0.25, -0.2) is 0 Å². The third kappa shape index (κ3) is 2.89. The van der Waals surface area contributed by atoms with E-state index in [-0.39, 0.29) is 0 Å². The maximum Gasteiger partial charge on any atom is 0.0460 e. The molecule has 0 aliphatic rings. The first-order valence-electron chi connectivity index (χ1n) is 5.79. The minimum absolute atomic E-state index is 0.296. The van der Waals surface area contributed by atoms with Gasteiger partial charge in [-0.3, -0.25) is 0 Å². The third-order valence-electron chi connectivity index (χ3n) is 2.78. The first-order chi connectivity index (χ1) is 8.22. The van der Waals surface area contributed by atoms with Crippen molar-refractivity contribution in [2.75, 3.05) is 6.54 Å². The van der Waals surface area contributed by atoms with Crippen LogP contribution in [0, 0.1) is 0 Å². The molecule has 90 valence electrons. The quantitative estimate of drug-likeness (QED) is 0.842. The van der Waals surface area contributed by atoms with Gasteiger partial charge in [-0.15, -0.1) is 11.3 Å². The van der Waals surface area contributed by atoms with E-state index in [4.69, 9.17) is 11.6 Å². The van der Waals surface area contributed by atoms with E-state index in [0.717, 1.165) is 17.1 Å². The summed E-state index contributed by atoms with van der Waals surface area (Å²) in [4.78, 5) is 1.26. The van der Waals surface area contributed by atoms with Gasteiger partial charge in [0.15, 0.2) is 0 Å². The Kier molecular flexibility index (Phi) is 4.21. The number of halogens is 1. The van der Waals surface area contributed by atoms with Gasteiger partial charge in [-0.05, 0) is 42.1 Å². The van der Waals surface area contributed by atoms with E-state index in [0.29, 0.717) is 6.04 Å². The first-order valence-corrected chi connectivity index (χ1v) is 7.05. The molecule has 0 fully saturated rings.